The lowest BCUT2D eigenvalue weighted by Gasteiger charge is -2.37. The van der Waals surface area contributed by atoms with Crippen molar-refractivity contribution in [2.45, 2.75) is 37.3 Å². The number of nitrogens with one attached hydrogen (secondary N) is 2. The smallest absolute Gasteiger partial charge is 0.191 e. The molecule has 0 aliphatic carbocycles. The number of aliphatic imine (C=N–C) groups is 1. The largest absolute Gasteiger partial charge is 0.381 e. The number of methoxy groups -OCH3 is 1. The van der Waals surface area contributed by atoms with E-state index in [2.05, 4.69) is 31.6 Å². The highest BCUT2D eigenvalue weighted by Gasteiger charge is 2.32. The molecule has 0 bridgehead atoms. The minimum atomic E-state index is -0.155. The van der Waals surface area contributed by atoms with Crippen molar-refractivity contribution in [2.24, 2.45) is 4.99 Å². The number of piperidine rings is 1. The topological polar surface area (TPSA) is 71.0 Å². The van der Waals surface area contributed by atoms with E-state index in [0.29, 0.717) is 6.04 Å². The van der Waals surface area contributed by atoms with E-state index in [1.807, 2.05) is 25.4 Å². The second-order valence-electron chi connectivity index (χ2n) is 7.02. The molecule has 1 aromatic heterocycles. The first kappa shape index (κ1) is 22.2. The molecule has 0 amide bonds. The van der Waals surface area contributed by atoms with Gasteiger partial charge in [-0.05, 0) is 25.0 Å². The van der Waals surface area contributed by atoms with Crippen molar-refractivity contribution in [3.8, 4) is 0 Å². The molecular weight excluding hydrogens is 457 g/mol. The second kappa shape index (κ2) is 11.0. The molecule has 0 radical (unpaired) electrons. The van der Waals surface area contributed by atoms with Crippen molar-refractivity contribution in [2.75, 3.05) is 51.9 Å². The Labute approximate surface area is 179 Å². The fourth-order valence-electron chi connectivity index (χ4n) is 3.62. The fraction of sp³-hybridized carbons (Fsp3) is 0.684. The van der Waals surface area contributed by atoms with Crippen molar-refractivity contribution in [1.29, 1.82) is 0 Å². The first-order valence-electron chi connectivity index (χ1n) is 9.51. The van der Waals surface area contributed by atoms with E-state index in [1.54, 1.807) is 7.11 Å². The van der Waals surface area contributed by atoms with Crippen LogP contribution in [0.15, 0.2) is 29.4 Å². The minimum absolute atomic E-state index is 0. The summed E-state index contributed by atoms with van der Waals surface area (Å²) in [6.07, 6.45) is 5.82. The highest BCUT2D eigenvalue weighted by molar-refractivity contribution is 14.0. The van der Waals surface area contributed by atoms with Crippen molar-refractivity contribution in [1.82, 2.24) is 15.6 Å². The van der Waals surface area contributed by atoms with Gasteiger partial charge in [0.05, 0.1) is 5.60 Å². The Bertz CT molecular complexity index is 573. The molecule has 0 spiro atoms. The number of hydrogen-bond donors (Lipinski definition) is 2. The summed E-state index contributed by atoms with van der Waals surface area (Å²) in [6, 6.07) is 6.50. The lowest BCUT2D eigenvalue weighted by atomic mass is 9.94. The van der Waals surface area contributed by atoms with E-state index in [-0.39, 0.29) is 29.6 Å². The molecule has 2 fully saturated rings. The summed E-state index contributed by atoms with van der Waals surface area (Å²) in [5.74, 6) is 1.92. The Hall–Kier alpha value is -1.13. The van der Waals surface area contributed by atoms with Crippen LogP contribution in [0.1, 0.15) is 25.7 Å². The third-order valence-electron chi connectivity index (χ3n) is 5.45. The van der Waals surface area contributed by atoms with Gasteiger partial charge in [0.15, 0.2) is 5.96 Å². The van der Waals surface area contributed by atoms with Gasteiger partial charge in [0.1, 0.15) is 5.82 Å². The van der Waals surface area contributed by atoms with Crippen molar-refractivity contribution in [3.63, 3.8) is 0 Å². The molecule has 2 N–H and O–H groups in total. The Morgan fingerprint density at radius 2 is 2.07 bits per heavy atom. The van der Waals surface area contributed by atoms with Crippen LogP contribution in [0.2, 0.25) is 0 Å². The number of guanidine groups is 1. The summed E-state index contributed by atoms with van der Waals surface area (Å²) >= 11 is 0. The molecule has 8 heteroatoms. The van der Waals surface area contributed by atoms with E-state index in [4.69, 9.17) is 9.47 Å². The van der Waals surface area contributed by atoms with Crippen LogP contribution in [0.25, 0.3) is 0 Å². The van der Waals surface area contributed by atoms with E-state index in [9.17, 15) is 0 Å². The Morgan fingerprint density at radius 3 is 2.67 bits per heavy atom. The van der Waals surface area contributed by atoms with Gasteiger partial charge in [-0.1, -0.05) is 6.07 Å². The van der Waals surface area contributed by atoms with Gasteiger partial charge in [0.2, 0.25) is 0 Å². The quantitative estimate of drug-likeness (QED) is 0.375. The lowest BCUT2D eigenvalue weighted by Crippen LogP contribution is -2.53. The molecule has 0 atom stereocenters. The monoisotopic (exact) mass is 489 g/mol. The van der Waals surface area contributed by atoms with Crippen LogP contribution in [0.3, 0.4) is 0 Å². The second-order valence-corrected chi connectivity index (χ2v) is 7.02. The van der Waals surface area contributed by atoms with Gasteiger partial charge in [0.25, 0.3) is 0 Å². The van der Waals surface area contributed by atoms with E-state index >= 15 is 0 Å². The zero-order valence-electron chi connectivity index (χ0n) is 16.3. The molecule has 0 unspecified atom stereocenters. The van der Waals surface area contributed by atoms with Crippen LogP contribution in [-0.4, -0.2) is 69.6 Å². The van der Waals surface area contributed by atoms with Crippen LogP contribution >= 0.6 is 24.0 Å². The van der Waals surface area contributed by atoms with Gasteiger partial charge >= 0.3 is 0 Å². The molecule has 2 saturated heterocycles. The third-order valence-corrected chi connectivity index (χ3v) is 5.45. The number of hydrogen-bond acceptors (Lipinski definition) is 5. The Balaban J connectivity index is 0.00000261. The standard InChI is InChI=1S/C19H31N5O2.HI/c1-20-18(22-15-19(25-2)8-13-26-14-9-19)23-16-6-11-24(12-7-16)17-5-3-4-10-21-17;/h3-5,10,16H,6-9,11-15H2,1-2H3,(H2,20,22,23);1H. The highest BCUT2D eigenvalue weighted by Crippen LogP contribution is 2.23. The van der Waals surface area contributed by atoms with Crippen LogP contribution < -0.4 is 15.5 Å². The van der Waals surface area contributed by atoms with Gasteiger partial charge < -0.3 is 25.0 Å². The Morgan fingerprint density at radius 1 is 1.33 bits per heavy atom. The molecule has 3 heterocycles. The number of ether oxygens (including phenoxy) is 2. The molecule has 1 aromatic rings. The van der Waals surface area contributed by atoms with Gasteiger partial charge in [-0.25, -0.2) is 4.98 Å². The lowest BCUT2D eigenvalue weighted by molar-refractivity contribution is -0.0855. The molecule has 2 aliphatic rings. The maximum Gasteiger partial charge on any atom is 0.191 e. The summed E-state index contributed by atoms with van der Waals surface area (Å²) in [5.41, 5.74) is -0.155. The molecule has 152 valence electrons. The van der Waals surface area contributed by atoms with Crippen LogP contribution in [0.4, 0.5) is 5.82 Å². The highest BCUT2D eigenvalue weighted by atomic mass is 127. The van der Waals surface area contributed by atoms with Crippen LogP contribution in [0, 0.1) is 0 Å². The van der Waals surface area contributed by atoms with Gasteiger partial charge in [0, 0.05) is 72.1 Å². The number of anilines is 1. The van der Waals surface area contributed by atoms with Crippen molar-refractivity contribution < 1.29 is 9.47 Å². The van der Waals surface area contributed by atoms with E-state index < -0.39 is 0 Å². The number of rotatable bonds is 5. The summed E-state index contributed by atoms with van der Waals surface area (Å²) in [6.45, 7) is 4.27. The molecule has 7 nitrogen and oxygen atoms in total. The minimum Gasteiger partial charge on any atom is -0.381 e. The first-order chi connectivity index (χ1) is 12.7. The number of nitrogens with zero attached hydrogens (tertiary/aromatic N) is 3. The maximum atomic E-state index is 5.79. The zero-order chi connectivity index (χ0) is 18.2. The van der Waals surface area contributed by atoms with Crippen LogP contribution in [0.5, 0.6) is 0 Å². The predicted molar refractivity (Wildman–Crippen MR) is 119 cm³/mol. The fourth-order valence-corrected chi connectivity index (χ4v) is 3.62. The first-order valence-corrected chi connectivity index (χ1v) is 9.51. The molecule has 0 saturated carbocycles. The number of pyridine rings is 1. The number of halogens is 1. The molecule has 2 aliphatic heterocycles. The van der Waals surface area contributed by atoms with Gasteiger partial charge in [-0.15, -0.1) is 24.0 Å². The number of aromatic nitrogens is 1. The molecule has 3 rings (SSSR count). The van der Waals surface area contributed by atoms with Gasteiger partial charge in [-0.2, -0.15) is 0 Å². The van der Waals surface area contributed by atoms with Crippen molar-refractivity contribution in [3.05, 3.63) is 24.4 Å². The van der Waals surface area contributed by atoms with Crippen molar-refractivity contribution >= 4 is 35.8 Å². The summed E-state index contributed by atoms with van der Waals surface area (Å²) in [4.78, 5) is 11.2. The molecule has 0 aromatic carbocycles. The predicted octanol–water partition coefficient (Wildman–Crippen LogP) is 2.03. The Kier molecular flexibility index (Phi) is 9.04. The molecule has 27 heavy (non-hydrogen) atoms. The summed E-state index contributed by atoms with van der Waals surface area (Å²) in [7, 11) is 3.61. The van der Waals surface area contributed by atoms with E-state index in [1.165, 1.54) is 0 Å². The average molecular weight is 489 g/mol. The van der Waals surface area contributed by atoms with Crippen LogP contribution in [-0.2, 0) is 9.47 Å². The summed E-state index contributed by atoms with van der Waals surface area (Å²) < 4.78 is 11.3. The van der Waals surface area contributed by atoms with Gasteiger partial charge in [-0.3, -0.25) is 4.99 Å². The SMILES string of the molecule is CN=C(NCC1(OC)CCOCC1)NC1CCN(c2ccccn2)CC1.I. The molecular formula is C19H32IN5O2. The zero-order valence-corrected chi connectivity index (χ0v) is 18.6. The summed E-state index contributed by atoms with van der Waals surface area (Å²) in [5, 5.41) is 7.02. The average Bonchev–Trinajstić information content (AvgIpc) is 2.73. The maximum absolute atomic E-state index is 5.79. The third kappa shape index (κ3) is 6.18. The van der Waals surface area contributed by atoms with E-state index in [0.717, 1.165) is 70.3 Å². The normalized spacial score (nSPS) is 20.7.